The molecule has 3 rings (SSSR count). The molecule has 0 radical (unpaired) electrons. The van der Waals surface area contributed by atoms with Gasteiger partial charge in [0.25, 0.3) is 0 Å². The second-order valence-electron chi connectivity index (χ2n) is 8.82. The highest BCUT2D eigenvalue weighted by Gasteiger charge is 2.28. The van der Waals surface area contributed by atoms with Gasteiger partial charge in [-0.1, -0.05) is 35.9 Å². The van der Waals surface area contributed by atoms with Crippen LogP contribution in [0.4, 0.5) is 19.8 Å². The van der Waals surface area contributed by atoms with E-state index in [9.17, 15) is 19.1 Å². The molecule has 3 N–H and O–H groups in total. The van der Waals surface area contributed by atoms with Gasteiger partial charge in [0.15, 0.2) is 0 Å². The van der Waals surface area contributed by atoms with Crippen molar-refractivity contribution >= 4 is 40.3 Å². The molecule has 8 nitrogen and oxygen atoms in total. The highest BCUT2D eigenvalue weighted by molar-refractivity contribution is 6.31. The van der Waals surface area contributed by atoms with Crippen LogP contribution in [0.5, 0.6) is 0 Å². The molecule has 35 heavy (non-hydrogen) atoms. The first-order valence-corrected chi connectivity index (χ1v) is 11.3. The molecule has 0 bridgehead atoms. The molecular formula is C25H28ClFN4O4. The zero-order valence-corrected chi connectivity index (χ0v) is 20.5. The van der Waals surface area contributed by atoms with E-state index in [0.29, 0.717) is 15.8 Å². The highest BCUT2D eigenvalue weighted by atomic mass is 35.5. The van der Waals surface area contributed by atoms with Gasteiger partial charge >= 0.3 is 12.1 Å². The summed E-state index contributed by atoms with van der Waals surface area (Å²) in [5.41, 5.74) is -0.354. The summed E-state index contributed by atoms with van der Waals surface area (Å²) in [6.07, 6.45) is 0.836. The Morgan fingerprint density at radius 3 is 2.66 bits per heavy atom. The number of rotatable bonds is 8. The van der Waals surface area contributed by atoms with Crippen LogP contribution in [-0.4, -0.2) is 52.4 Å². The number of fused-ring (bicyclic) bond motifs is 1. The minimum atomic E-state index is -1.11. The van der Waals surface area contributed by atoms with Gasteiger partial charge in [0.2, 0.25) is 0 Å². The predicted octanol–water partition coefficient (Wildman–Crippen LogP) is 4.95. The van der Waals surface area contributed by atoms with Gasteiger partial charge in [-0.25, -0.2) is 19.0 Å². The number of anilines is 1. The van der Waals surface area contributed by atoms with Gasteiger partial charge in [0, 0.05) is 30.2 Å². The lowest BCUT2D eigenvalue weighted by Gasteiger charge is -2.32. The molecule has 0 saturated heterocycles. The number of likely N-dealkylation sites (N-methyl/N-ethyl adjacent to an activating group) is 1. The number of nitrogens with zero attached hydrogens (tertiary/aromatic N) is 2. The first-order chi connectivity index (χ1) is 16.5. The van der Waals surface area contributed by atoms with Crippen molar-refractivity contribution in [1.82, 2.24) is 15.2 Å². The summed E-state index contributed by atoms with van der Waals surface area (Å²) in [7, 11) is 1.56. The van der Waals surface area contributed by atoms with Gasteiger partial charge in [-0.2, -0.15) is 0 Å². The molecule has 0 aliphatic rings. The van der Waals surface area contributed by atoms with Crippen LogP contribution in [0.1, 0.15) is 25.8 Å². The molecule has 3 amide bonds. The number of aromatic nitrogens is 1. The number of carbonyl (C=O) groups excluding carboxylic acids is 2. The molecule has 10 heteroatoms. The average molecular weight is 503 g/mol. The smallest absolute Gasteiger partial charge is 0.412 e. The van der Waals surface area contributed by atoms with Gasteiger partial charge in [0.1, 0.15) is 18.2 Å². The van der Waals surface area contributed by atoms with E-state index in [1.165, 1.54) is 23.2 Å². The lowest BCUT2D eigenvalue weighted by Crippen LogP contribution is -2.48. The lowest BCUT2D eigenvalue weighted by molar-refractivity contribution is 0.0277. The monoisotopic (exact) mass is 502 g/mol. The van der Waals surface area contributed by atoms with Crippen molar-refractivity contribution in [3.8, 4) is 0 Å². The van der Waals surface area contributed by atoms with Crippen LogP contribution >= 0.6 is 11.6 Å². The summed E-state index contributed by atoms with van der Waals surface area (Å²) < 4.78 is 18.7. The summed E-state index contributed by atoms with van der Waals surface area (Å²) in [5.74, 6) is -0.142. The summed E-state index contributed by atoms with van der Waals surface area (Å²) in [6, 6.07) is 12.0. The fourth-order valence-electron chi connectivity index (χ4n) is 3.48. The molecule has 1 heterocycles. The number of halogens is 2. The summed E-state index contributed by atoms with van der Waals surface area (Å²) in [5, 5.41) is 17.5. The highest BCUT2D eigenvalue weighted by Crippen LogP contribution is 2.19. The number of carbonyl (C=O) groups is 2. The number of urea groups is 1. The Bertz CT molecular complexity index is 1200. The summed E-state index contributed by atoms with van der Waals surface area (Å²) in [4.78, 5) is 30.6. The zero-order chi connectivity index (χ0) is 25.6. The Balaban J connectivity index is 1.60. The minimum absolute atomic E-state index is 0.162. The standard InChI is InChI=1S/C25H28ClFN4O4/c1-25(2,34)12-20(31(3)23(32)29-13-17-6-4-5-7-21(17)26)15-35-24(33)30-22-11-16-8-9-19(27)10-18(16)14-28-22/h4-11,14,20,34H,12-13,15H2,1-3H3,(H,29,32)(H,28,30,33)/t20-/m0/s1. The lowest BCUT2D eigenvalue weighted by atomic mass is 9.99. The third kappa shape index (κ3) is 7.80. The minimum Gasteiger partial charge on any atom is -0.447 e. The molecule has 186 valence electrons. The Morgan fingerprint density at radius 2 is 1.94 bits per heavy atom. The molecular weight excluding hydrogens is 475 g/mol. The molecule has 0 saturated carbocycles. The average Bonchev–Trinajstić information content (AvgIpc) is 2.80. The van der Waals surface area contributed by atoms with E-state index in [4.69, 9.17) is 16.3 Å². The number of amides is 3. The van der Waals surface area contributed by atoms with Gasteiger partial charge < -0.3 is 20.1 Å². The van der Waals surface area contributed by atoms with E-state index in [0.717, 1.165) is 5.56 Å². The second-order valence-corrected chi connectivity index (χ2v) is 9.22. The third-order valence-corrected chi connectivity index (χ3v) is 5.68. The Labute approximate surface area is 208 Å². The topological polar surface area (TPSA) is 104 Å². The van der Waals surface area contributed by atoms with E-state index < -0.39 is 23.8 Å². The van der Waals surface area contributed by atoms with Crippen LogP contribution in [0, 0.1) is 5.82 Å². The van der Waals surface area contributed by atoms with Crippen LogP contribution < -0.4 is 10.6 Å². The molecule has 2 aromatic carbocycles. The zero-order valence-electron chi connectivity index (χ0n) is 19.7. The van der Waals surface area contributed by atoms with Crippen LogP contribution in [-0.2, 0) is 11.3 Å². The molecule has 1 atom stereocenters. The van der Waals surface area contributed by atoms with Crippen LogP contribution in [0.15, 0.2) is 54.7 Å². The first-order valence-electron chi connectivity index (χ1n) is 11.0. The van der Waals surface area contributed by atoms with Gasteiger partial charge in [0.05, 0.1) is 11.6 Å². The quantitative estimate of drug-likeness (QED) is 0.404. The van der Waals surface area contributed by atoms with Crippen molar-refractivity contribution in [2.24, 2.45) is 0 Å². The SMILES string of the molecule is CN(C(=O)NCc1ccccc1Cl)[C@H](COC(=O)Nc1cc2ccc(F)cc2cn1)CC(C)(C)O. The molecule has 0 aliphatic carbocycles. The maximum absolute atomic E-state index is 13.3. The molecule has 0 fully saturated rings. The Kier molecular flexibility index (Phi) is 8.48. The maximum atomic E-state index is 13.3. The second kappa shape index (κ2) is 11.3. The van der Waals surface area contributed by atoms with E-state index in [1.807, 2.05) is 12.1 Å². The largest absolute Gasteiger partial charge is 0.447 e. The van der Waals surface area contributed by atoms with Crippen molar-refractivity contribution in [2.75, 3.05) is 19.0 Å². The molecule has 0 spiro atoms. The number of hydrogen-bond acceptors (Lipinski definition) is 5. The fraction of sp³-hybridized carbons (Fsp3) is 0.320. The van der Waals surface area contributed by atoms with Crippen molar-refractivity contribution in [2.45, 2.75) is 38.5 Å². The third-order valence-electron chi connectivity index (χ3n) is 5.31. The van der Waals surface area contributed by atoms with Gasteiger partial charge in [-0.3, -0.25) is 5.32 Å². The maximum Gasteiger partial charge on any atom is 0.412 e. The van der Waals surface area contributed by atoms with Crippen LogP contribution in [0.25, 0.3) is 10.8 Å². The fourth-order valence-corrected chi connectivity index (χ4v) is 3.68. The van der Waals surface area contributed by atoms with Crippen LogP contribution in [0.2, 0.25) is 5.02 Å². The predicted molar refractivity (Wildman–Crippen MR) is 133 cm³/mol. The number of ether oxygens (including phenoxy) is 1. The van der Waals surface area contributed by atoms with Crippen molar-refractivity contribution in [3.05, 3.63) is 71.1 Å². The van der Waals surface area contributed by atoms with Crippen molar-refractivity contribution in [1.29, 1.82) is 0 Å². The Morgan fingerprint density at radius 1 is 1.20 bits per heavy atom. The summed E-state index contributed by atoms with van der Waals surface area (Å²) in [6.45, 7) is 3.27. The molecule has 1 aromatic heterocycles. The van der Waals surface area contributed by atoms with E-state index in [1.54, 1.807) is 45.2 Å². The number of benzene rings is 2. The van der Waals surface area contributed by atoms with Crippen molar-refractivity contribution in [3.63, 3.8) is 0 Å². The number of hydrogen-bond donors (Lipinski definition) is 3. The van der Waals surface area contributed by atoms with Gasteiger partial charge in [-0.15, -0.1) is 0 Å². The first kappa shape index (κ1) is 26.2. The normalized spacial score (nSPS) is 12.2. The molecule has 0 unspecified atom stereocenters. The van der Waals surface area contributed by atoms with Crippen molar-refractivity contribution < 1.29 is 23.8 Å². The molecule has 0 aliphatic heterocycles. The number of aliphatic hydroxyl groups is 1. The van der Waals surface area contributed by atoms with E-state index in [-0.39, 0.29) is 31.2 Å². The van der Waals surface area contributed by atoms with E-state index in [2.05, 4.69) is 15.6 Å². The van der Waals surface area contributed by atoms with Crippen LogP contribution in [0.3, 0.4) is 0 Å². The number of nitrogens with one attached hydrogen (secondary N) is 2. The van der Waals surface area contributed by atoms with E-state index >= 15 is 0 Å². The number of pyridine rings is 1. The summed E-state index contributed by atoms with van der Waals surface area (Å²) >= 11 is 6.14. The van der Waals surface area contributed by atoms with Gasteiger partial charge in [-0.05, 0) is 55.5 Å². The Hall–Kier alpha value is -3.43. The molecule has 3 aromatic rings.